The van der Waals surface area contributed by atoms with Gasteiger partial charge in [-0.25, -0.2) is 0 Å². The van der Waals surface area contributed by atoms with Gasteiger partial charge in [-0.05, 0) is 65.0 Å². The Morgan fingerprint density at radius 1 is 1.04 bits per heavy atom. The Morgan fingerprint density at radius 3 is 1.75 bits per heavy atom. The number of rotatable bonds is 10. The molecule has 1 N–H and O–H groups in total. The molecule has 5 nitrogen and oxygen atoms in total. The van der Waals surface area contributed by atoms with E-state index >= 15 is 0 Å². The molecular weight excluding hydrogens is 371 g/mol. The molecule has 1 amide bonds. The summed E-state index contributed by atoms with van der Waals surface area (Å²) in [6.07, 6.45) is 1.36. The molecule has 0 fully saturated rings. The summed E-state index contributed by atoms with van der Waals surface area (Å²) in [6.45, 7) is 22.8. The van der Waals surface area contributed by atoms with Gasteiger partial charge in [0, 0.05) is 6.42 Å². The Balaban J connectivity index is 5.46. The highest BCUT2D eigenvalue weighted by molar-refractivity contribution is 6.71. The van der Waals surface area contributed by atoms with E-state index in [1.54, 1.807) is 0 Å². The van der Waals surface area contributed by atoms with Crippen LogP contribution < -0.4 is 5.32 Å². The van der Waals surface area contributed by atoms with E-state index in [0.717, 1.165) is 0 Å². The maximum absolute atomic E-state index is 11.8. The van der Waals surface area contributed by atoms with Gasteiger partial charge >= 0.3 is 0 Å². The average molecular weight is 408 g/mol. The molecule has 1 atom stereocenters. The minimum absolute atomic E-state index is 0.233. The first-order valence-electron chi connectivity index (χ1n) is 8.46. The third-order valence-corrected chi connectivity index (χ3v) is 7.30. The molecule has 0 aromatic carbocycles. The standard InChI is InChI=1S/C15H37NO4Si4/c1-11-13(17)16-14(18-22(2,3)4)12-15(21,19-23(5,6)7)20-24(8,9)10/h11,14H,1,12H2,2-10,21H3,(H,16,17). The Bertz CT molecular complexity index is 422. The normalized spacial score (nSPS) is 15.2. The first-order valence-corrected chi connectivity index (χ1v) is 19.7. The van der Waals surface area contributed by atoms with E-state index in [1.807, 2.05) is 0 Å². The van der Waals surface area contributed by atoms with Crippen LogP contribution in [0.3, 0.4) is 0 Å². The summed E-state index contributed by atoms with van der Waals surface area (Å²) in [7, 11) is -4.76. The van der Waals surface area contributed by atoms with Crippen molar-refractivity contribution in [2.45, 2.75) is 77.0 Å². The van der Waals surface area contributed by atoms with E-state index in [9.17, 15) is 4.79 Å². The number of nitrogens with one attached hydrogen (secondary N) is 1. The van der Waals surface area contributed by atoms with Crippen molar-refractivity contribution in [1.82, 2.24) is 5.32 Å². The van der Waals surface area contributed by atoms with Gasteiger partial charge < -0.3 is 18.6 Å². The van der Waals surface area contributed by atoms with E-state index in [1.165, 1.54) is 6.08 Å². The van der Waals surface area contributed by atoms with Gasteiger partial charge in [0.2, 0.25) is 5.91 Å². The summed E-state index contributed by atoms with van der Waals surface area (Å²) in [4.78, 5) is 11.8. The number of hydrogen-bond donors (Lipinski definition) is 1. The molecule has 0 rings (SSSR count). The molecule has 0 spiro atoms. The van der Waals surface area contributed by atoms with Gasteiger partial charge in [-0.1, -0.05) is 6.58 Å². The maximum Gasteiger partial charge on any atom is 0.245 e. The summed E-state index contributed by atoms with van der Waals surface area (Å²) in [5.74, 6) is -0.233. The summed E-state index contributed by atoms with van der Waals surface area (Å²) < 4.78 is 19.1. The van der Waals surface area contributed by atoms with Crippen LogP contribution in [-0.4, -0.2) is 52.7 Å². The minimum Gasteiger partial charge on any atom is -0.398 e. The van der Waals surface area contributed by atoms with Crippen LogP contribution in [-0.2, 0) is 18.1 Å². The van der Waals surface area contributed by atoms with Crippen LogP contribution >= 0.6 is 0 Å². The lowest BCUT2D eigenvalue weighted by molar-refractivity contribution is -0.122. The summed E-state index contributed by atoms with van der Waals surface area (Å²) in [5.41, 5.74) is -0.645. The fourth-order valence-electron chi connectivity index (χ4n) is 2.50. The Morgan fingerprint density at radius 2 is 1.46 bits per heavy atom. The van der Waals surface area contributed by atoms with Gasteiger partial charge in [-0.3, -0.25) is 4.79 Å². The second-order valence-electron chi connectivity index (χ2n) is 9.20. The van der Waals surface area contributed by atoms with Crippen LogP contribution in [0.2, 0.25) is 58.9 Å². The molecular formula is C15H37NO4Si4. The number of amides is 1. The highest BCUT2D eigenvalue weighted by Gasteiger charge is 2.39. The lowest BCUT2D eigenvalue weighted by atomic mass is 10.3. The third-order valence-electron chi connectivity index (χ3n) is 2.58. The smallest absolute Gasteiger partial charge is 0.245 e. The van der Waals surface area contributed by atoms with Crippen molar-refractivity contribution in [2.24, 2.45) is 0 Å². The number of carbonyl (C=O) groups excluding carboxylic acids is 1. The third kappa shape index (κ3) is 12.3. The average Bonchev–Trinajstić information content (AvgIpc) is 2.19. The number of carbonyl (C=O) groups is 1. The zero-order valence-corrected chi connectivity index (χ0v) is 22.2. The van der Waals surface area contributed by atoms with Gasteiger partial charge in [0.1, 0.15) is 11.6 Å². The monoisotopic (exact) mass is 407 g/mol. The Hall–Kier alpha value is -0.0425. The molecule has 0 aliphatic carbocycles. The molecule has 0 aliphatic heterocycles. The Kier molecular flexibility index (Phi) is 8.55. The van der Waals surface area contributed by atoms with Crippen LogP contribution in [0.1, 0.15) is 6.42 Å². The first kappa shape index (κ1) is 24.0. The van der Waals surface area contributed by atoms with Gasteiger partial charge in [-0.2, -0.15) is 0 Å². The summed E-state index contributed by atoms with van der Waals surface area (Å²) in [6, 6.07) is 0. The highest BCUT2D eigenvalue weighted by atomic mass is 28.4. The summed E-state index contributed by atoms with van der Waals surface area (Å²) in [5, 5.41) is 2.90. The predicted octanol–water partition coefficient (Wildman–Crippen LogP) is 2.58. The van der Waals surface area contributed by atoms with Gasteiger partial charge in [0.15, 0.2) is 25.0 Å². The van der Waals surface area contributed by atoms with Crippen molar-refractivity contribution < 1.29 is 18.1 Å². The van der Waals surface area contributed by atoms with Gasteiger partial charge in [-0.15, -0.1) is 0 Å². The predicted molar refractivity (Wildman–Crippen MR) is 113 cm³/mol. The molecule has 0 bridgehead atoms. The minimum atomic E-state index is -1.84. The molecule has 142 valence electrons. The largest absolute Gasteiger partial charge is 0.398 e. The molecule has 0 heterocycles. The molecule has 0 saturated heterocycles. The quantitative estimate of drug-likeness (QED) is 0.343. The van der Waals surface area contributed by atoms with E-state index in [0.29, 0.717) is 16.7 Å². The first-order chi connectivity index (χ1) is 10.4. The van der Waals surface area contributed by atoms with Crippen molar-refractivity contribution in [3.8, 4) is 0 Å². The van der Waals surface area contributed by atoms with Crippen LogP contribution in [0, 0.1) is 0 Å². The van der Waals surface area contributed by atoms with Crippen molar-refractivity contribution in [3.05, 3.63) is 12.7 Å². The van der Waals surface area contributed by atoms with Crippen LogP contribution in [0.4, 0.5) is 0 Å². The van der Waals surface area contributed by atoms with E-state index < -0.39 is 36.6 Å². The lowest BCUT2D eigenvalue weighted by Crippen LogP contribution is -2.55. The molecule has 9 heteroatoms. The second-order valence-corrected chi connectivity index (χ2v) is 24.0. The topological polar surface area (TPSA) is 56.8 Å². The number of hydrogen-bond acceptors (Lipinski definition) is 4. The van der Waals surface area contributed by atoms with Gasteiger partial charge in [0.25, 0.3) is 0 Å². The Labute approximate surface area is 154 Å². The fourth-order valence-corrected chi connectivity index (χ4v) is 10.5. The molecule has 0 radical (unpaired) electrons. The molecule has 1 unspecified atom stereocenters. The molecule has 0 aliphatic rings. The van der Waals surface area contributed by atoms with Crippen LogP contribution in [0.5, 0.6) is 0 Å². The van der Waals surface area contributed by atoms with E-state index in [2.05, 4.69) is 70.8 Å². The van der Waals surface area contributed by atoms with Crippen LogP contribution in [0.15, 0.2) is 12.7 Å². The molecule has 0 aromatic heterocycles. The molecule has 0 aromatic rings. The fraction of sp³-hybridized carbons (Fsp3) is 0.800. The zero-order valence-electron chi connectivity index (χ0n) is 17.2. The van der Waals surface area contributed by atoms with E-state index in [4.69, 9.17) is 13.3 Å². The SMILES string of the molecule is C=CC(=O)NC(CC([SiH3])(O[Si](C)(C)C)O[Si](C)(C)C)O[Si](C)(C)C. The zero-order chi connectivity index (χ0) is 19.4. The van der Waals surface area contributed by atoms with Gasteiger partial charge in [0.05, 0.1) is 10.2 Å². The van der Waals surface area contributed by atoms with Crippen molar-refractivity contribution in [3.63, 3.8) is 0 Å². The lowest BCUT2D eigenvalue weighted by Gasteiger charge is -2.43. The molecule has 24 heavy (non-hydrogen) atoms. The summed E-state index contributed by atoms with van der Waals surface area (Å²) >= 11 is 0. The van der Waals surface area contributed by atoms with Crippen molar-refractivity contribution in [2.75, 3.05) is 0 Å². The highest BCUT2D eigenvalue weighted by Crippen LogP contribution is 2.27. The van der Waals surface area contributed by atoms with Crippen LogP contribution in [0.25, 0.3) is 0 Å². The van der Waals surface area contributed by atoms with Crippen molar-refractivity contribution >= 4 is 41.1 Å². The second kappa shape index (κ2) is 8.56. The molecule has 0 saturated carbocycles. The maximum atomic E-state index is 11.8. The van der Waals surface area contributed by atoms with E-state index in [-0.39, 0.29) is 5.91 Å². The van der Waals surface area contributed by atoms with Crippen molar-refractivity contribution in [1.29, 1.82) is 0 Å².